The standard InChI is InChI=1S/C13H14INS/c1-10(13-3-2-8-16-13)15-9-11-4-6-12(14)7-5-11/h2-8,10,15H,9H2,1H3/t10-/m1/s1. The van der Waals surface area contributed by atoms with Crippen molar-refractivity contribution in [1.82, 2.24) is 5.32 Å². The molecule has 0 saturated carbocycles. The van der Waals surface area contributed by atoms with E-state index >= 15 is 0 Å². The van der Waals surface area contributed by atoms with Crippen molar-refractivity contribution in [3.63, 3.8) is 0 Å². The largest absolute Gasteiger partial charge is 0.305 e. The number of halogens is 1. The SMILES string of the molecule is C[C@@H](NCc1ccc(I)cc1)c1cccs1. The van der Waals surface area contributed by atoms with Crippen molar-refractivity contribution in [1.29, 1.82) is 0 Å². The van der Waals surface area contributed by atoms with Crippen molar-refractivity contribution in [2.75, 3.05) is 0 Å². The fourth-order valence-electron chi connectivity index (χ4n) is 1.51. The summed E-state index contributed by atoms with van der Waals surface area (Å²) in [5.41, 5.74) is 1.34. The molecule has 0 bridgehead atoms. The lowest BCUT2D eigenvalue weighted by Crippen LogP contribution is -2.16. The van der Waals surface area contributed by atoms with Crippen molar-refractivity contribution >= 4 is 33.9 Å². The molecule has 0 aliphatic carbocycles. The van der Waals surface area contributed by atoms with Gasteiger partial charge in [-0.25, -0.2) is 0 Å². The predicted molar refractivity (Wildman–Crippen MR) is 78.7 cm³/mol. The van der Waals surface area contributed by atoms with Crippen LogP contribution < -0.4 is 5.32 Å². The van der Waals surface area contributed by atoms with E-state index in [1.165, 1.54) is 14.0 Å². The van der Waals surface area contributed by atoms with Crippen molar-refractivity contribution in [2.45, 2.75) is 19.5 Å². The van der Waals surface area contributed by atoms with E-state index in [0.29, 0.717) is 6.04 Å². The summed E-state index contributed by atoms with van der Waals surface area (Å²) in [6, 6.07) is 13.4. The van der Waals surface area contributed by atoms with Gasteiger partial charge in [-0.2, -0.15) is 0 Å². The Morgan fingerprint density at radius 3 is 2.62 bits per heavy atom. The van der Waals surface area contributed by atoms with Gasteiger partial charge in [0, 0.05) is 21.0 Å². The number of benzene rings is 1. The Bertz CT molecular complexity index is 422. The molecule has 1 nitrogen and oxygen atoms in total. The zero-order valence-electron chi connectivity index (χ0n) is 9.11. The summed E-state index contributed by atoms with van der Waals surface area (Å²) in [7, 11) is 0. The van der Waals surface area contributed by atoms with Crippen molar-refractivity contribution in [2.24, 2.45) is 0 Å². The van der Waals surface area contributed by atoms with Gasteiger partial charge >= 0.3 is 0 Å². The molecule has 1 heterocycles. The molecule has 0 aliphatic heterocycles. The number of hydrogen-bond acceptors (Lipinski definition) is 2. The van der Waals surface area contributed by atoms with Gasteiger partial charge in [0.25, 0.3) is 0 Å². The zero-order valence-corrected chi connectivity index (χ0v) is 12.1. The van der Waals surface area contributed by atoms with Crippen LogP contribution in [0.25, 0.3) is 0 Å². The van der Waals surface area contributed by atoms with Crippen molar-refractivity contribution in [3.05, 3.63) is 55.8 Å². The molecule has 16 heavy (non-hydrogen) atoms. The van der Waals surface area contributed by atoms with Gasteiger partial charge in [0.2, 0.25) is 0 Å². The molecule has 3 heteroatoms. The Kier molecular flexibility index (Phi) is 4.37. The van der Waals surface area contributed by atoms with Crippen LogP contribution in [-0.4, -0.2) is 0 Å². The van der Waals surface area contributed by atoms with Gasteiger partial charge in [0.15, 0.2) is 0 Å². The molecule has 1 atom stereocenters. The number of nitrogens with one attached hydrogen (secondary N) is 1. The second kappa shape index (κ2) is 5.80. The molecular formula is C13H14INS. The summed E-state index contributed by atoms with van der Waals surface area (Å²) in [5.74, 6) is 0. The fourth-order valence-corrected chi connectivity index (χ4v) is 2.63. The summed E-state index contributed by atoms with van der Waals surface area (Å²) >= 11 is 4.13. The minimum Gasteiger partial charge on any atom is -0.305 e. The van der Waals surface area contributed by atoms with Crippen LogP contribution in [0.1, 0.15) is 23.4 Å². The second-order valence-corrected chi connectivity index (χ2v) is 5.97. The molecule has 0 saturated heterocycles. The Balaban J connectivity index is 1.90. The van der Waals surface area contributed by atoms with E-state index < -0.39 is 0 Å². The Morgan fingerprint density at radius 2 is 2.00 bits per heavy atom. The van der Waals surface area contributed by atoms with E-state index in [-0.39, 0.29) is 0 Å². The highest BCUT2D eigenvalue weighted by Crippen LogP contribution is 2.18. The average Bonchev–Trinajstić information content (AvgIpc) is 2.81. The van der Waals surface area contributed by atoms with E-state index in [9.17, 15) is 0 Å². The van der Waals surface area contributed by atoms with Crippen LogP contribution in [0.5, 0.6) is 0 Å². The topological polar surface area (TPSA) is 12.0 Å². The van der Waals surface area contributed by atoms with E-state index in [1.807, 2.05) is 0 Å². The number of rotatable bonds is 4. The van der Waals surface area contributed by atoms with Gasteiger partial charge in [0.1, 0.15) is 0 Å². The summed E-state index contributed by atoms with van der Waals surface area (Å²) in [5, 5.41) is 5.65. The lowest BCUT2D eigenvalue weighted by Gasteiger charge is -2.12. The predicted octanol–water partition coefficient (Wildman–Crippen LogP) is 4.20. The fraction of sp³-hybridized carbons (Fsp3) is 0.231. The highest BCUT2D eigenvalue weighted by molar-refractivity contribution is 14.1. The first-order valence-electron chi connectivity index (χ1n) is 5.27. The quantitative estimate of drug-likeness (QED) is 0.821. The van der Waals surface area contributed by atoms with Crippen LogP contribution in [0.15, 0.2) is 41.8 Å². The summed E-state index contributed by atoms with van der Waals surface area (Å²) in [6.45, 7) is 3.13. The molecule has 0 amide bonds. The third kappa shape index (κ3) is 3.30. The van der Waals surface area contributed by atoms with E-state index in [0.717, 1.165) is 6.54 Å². The van der Waals surface area contributed by atoms with Gasteiger partial charge in [-0.05, 0) is 58.7 Å². The van der Waals surface area contributed by atoms with Crippen LogP contribution in [0, 0.1) is 3.57 Å². The van der Waals surface area contributed by atoms with Crippen molar-refractivity contribution in [3.8, 4) is 0 Å². The van der Waals surface area contributed by atoms with Gasteiger partial charge in [-0.15, -0.1) is 11.3 Å². The molecule has 84 valence electrons. The smallest absolute Gasteiger partial charge is 0.0388 e. The van der Waals surface area contributed by atoms with E-state index in [2.05, 4.69) is 76.6 Å². The normalized spacial score (nSPS) is 12.6. The average molecular weight is 343 g/mol. The molecule has 0 aliphatic rings. The first-order valence-corrected chi connectivity index (χ1v) is 7.23. The molecule has 1 aromatic heterocycles. The molecule has 0 fully saturated rings. The Hall–Kier alpha value is -0.390. The van der Waals surface area contributed by atoms with Crippen LogP contribution in [-0.2, 0) is 6.54 Å². The maximum absolute atomic E-state index is 3.53. The van der Waals surface area contributed by atoms with Gasteiger partial charge in [-0.1, -0.05) is 18.2 Å². The Labute approximate surface area is 114 Å². The number of thiophene rings is 1. The molecule has 1 N–H and O–H groups in total. The molecular weight excluding hydrogens is 329 g/mol. The monoisotopic (exact) mass is 343 g/mol. The van der Waals surface area contributed by atoms with Gasteiger partial charge in [-0.3, -0.25) is 0 Å². The molecule has 2 rings (SSSR count). The summed E-state index contributed by atoms with van der Waals surface area (Å²) in [6.07, 6.45) is 0. The van der Waals surface area contributed by atoms with Crippen LogP contribution in [0.2, 0.25) is 0 Å². The third-order valence-electron chi connectivity index (χ3n) is 2.50. The highest BCUT2D eigenvalue weighted by atomic mass is 127. The van der Waals surface area contributed by atoms with Crippen molar-refractivity contribution < 1.29 is 0 Å². The molecule has 0 unspecified atom stereocenters. The second-order valence-electron chi connectivity index (χ2n) is 3.74. The molecule has 0 radical (unpaired) electrons. The minimum absolute atomic E-state index is 0.430. The third-order valence-corrected chi connectivity index (χ3v) is 4.27. The summed E-state index contributed by atoms with van der Waals surface area (Å²) in [4.78, 5) is 1.39. The van der Waals surface area contributed by atoms with Crippen LogP contribution in [0.3, 0.4) is 0 Å². The maximum atomic E-state index is 3.53. The molecule has 0 spiro atoms. The zero-order chi connectivity index (χ0) is 11.4. The minimum atomic E-state index is 0.430. The van der Waals surface area contributed by atoms with Crippen LogP contribution in [0.4, 0.5) is 0 Å². The molecule has 2 aromatic rings. The van der Waals surface area contributed by atoms with E-state index in [1.54, 1.807) is 11.3 Å². The first-order chi connectivity index (χ1) is 7.75. The summed E-state index contributed by atoms with van der Waals surface area (Å²) < 4.78 is 1.28. The van der Waals surface area contributed by atoms with Crippen LogP contribution >= 0.6 is 33.9 Å². The lowest BCUT2D eigenvalue weighted by molar-refractivity contribution is 0.583. The van der Waals surface area contributed by atoms with Gasteiger partial charge in [0.05, 0.1) is 0 Å². The van der Waals surface area contributed by atoms with E-state index in [4.69, 9.17) is 0 Å². The lowest BCUT2D eigenvalue weighted by atomic mass is 10.2. The van der Waals surface area contributed by atoms with Gasteiger partial charge < -0.3 is 5.32 Å². The number of hydrogen-bond donors (Lipinski definition) is 1. The molecule has 1 aromatic carbocycles. The highest BCUT2D eigenvalue weighted by Gasteiger charge is 2.04. The maximum Gasteiger partial charge on any atom is 0.0388 e. The first kappa shape index (κ1) is 12.1. The Morgan fingerprint density at radius 1 is 1.25 bits per heavy atom.